The molecule has 0 aromatic heterocycles. The first-order valence-corrected chi connectivity index (χ1v) is 13.1. The molecule has 2 aliphatic rings. The monoisotopic (exact) mass is 511 g/mol. The molecule has 2 rings (SSSR count). The summed E-state index contributed by atoms with van der Waals surface area (Å²) >= 11 is 0. The number of likely N-dealkylation sites (tertiary alicyclic amines) is 1. The maximum Gasteiger partial charge on any atom is 0.408 e. The number of nitrogens with one attached hydrogen (secondary N) is 2. The average molecular weight is 512 g/mol. The maximum atomic E-state index is 13.6. The fourth-order valence-electron chi connectivity index (χ4n) is 5.26. The summed E-state index contributed by atoms with van der Waals surface area (Å²) in [6.45, 7) is 11.6. The number of hydrogen-bond donors (Lipinski definition) is 3. The van der Waals surface area contributed by atoms with Crippen LogP contribution in [0.25, 0.3) is 0 Å². The van der Waals surface area contributed by atoms with Crippen LogP contribution in [0.15, 0.2) is 0 Å². The molecule has 3 unspecified atom stereocenters. The molecule has 1 aliphatic carbocycles. The third kappa shape index (κ3) is 7.33. The summed E-state index contributed by atoms with van der Waals surface area (Å²) in [4.78, 5) is 53.5. The highest BCUT2D eigenvalue weighted by molar-refractivity contribution is 5.94. The minimum Gasteiger partial charge on any atom is -0.467 e. The van der Waals surface area contributed by atoms with Crippen LogP contribution in [0.1, 0.15) is 80.1 Å². The van der Waals surface area contributed by atoms with Gasteiger partial charge in [-0.1, -0.05) is 40.0 Å². The first-order chi connectivity index (χ1) is 16.8. The second-order valence-corrected chi connectivity index (χ2v) is 11.5. The fraction of sp³-hybridized carbons (Fsp3) is 0.846. The average Bonchev–Trinajstić information content (AvgIpc) is 3.12. The molecule has 10 heteroatoms. The lowest BCUT2D eigenvalue weighted by molar-refractivity contribution is -0.147. The Morgan fingerprint density at radius 1 is 1.06 bits per heavy atom. The van der Waals surface area contributed by atoms with Gasteiger partial charge in [0.25, 0.3) is 0 Å². The normalized spacial score (nSPS) is 23.8. The van der Waals surface area contributed by atoms with Crippen molar-refractivity contribution in [3.63, 3.8) is 0 Å². The Morgan fingerprint density at radius 2 is 1.69 bits per heavy atom. The highest BCUT2D eigenvalue weighted by Gasteiger charge is 2.69. The summed E-state index contributed by atoms with van der Waals surface area (Å²) < 4.78 is 10.2. The van der Waals surface area contributed by atoms with Gasteiger partial charge >= 0.3 is 12.1 Å². The van der Waals surface area contributed by atoms with Crippen molar-refractivity contribution in [2.45, 2.75) is 104 Å². The lowest BCUT2D eigenvalue weighted by atomic mass is 9.98. The Labute approximate surface area is 214 Å². The lowest BCUT2D eigenvalue weighted by Crippen LogP contribution is -2.57. The van der Waals surface area contributed by atoms with E-state index in [1.54, 1.807) is 20.8 Å². The summed E-state index contributed by atoms with van der Waals surface area (Å²) in [5.41, 5.74) is -0.849. The SMILES string of the molecule is CCCCCC(NC(=O)[C@@H]1C2C(CN1C(=O)[C@H](CCCO)NC(=O)OC(C)(C)C)C2(C)C)C(=O)OC. The number of aliphatic hydroxyl groups excluding tert-OH is 1. The molecule has 3 amide bonds. The quantitative estimate of drug-likeness (QED) is 0.270. The maximum absolute atomic E-state index is 13.6. The number of methoxy groups -OCH3 is 1. The van der Waals surface area contributed by atoms with Crippen LogP contribution in [-0.2, 0) is 23.9 Å². The van der Waals surface area contributed by atoms with Crippen LogP contribution in [0.4, 0.5) is 4.79 Å². The summed E-state index contributed by atoms with van der Waals surface area (Å²) in [6, 6.07) is -2.48. The molecule has 0 bridgehead atoms. The van der Waals surface area contributed by atoms with Gasteiger partial charge in [0.1, 0.15) is 23.7 Å². The van der Waals surface area contributed by atoms with E-state index in [1.165, 1.54) is 12.0 Å². The molecule has 2 fully saturated rings. The number of piperidine rings is 1. The van der Waals surface area contributed by atoms with Crippen molar-refractivity contribution >= 4 is 23.9 Å². The predicted octanol–water partition coefficient (Wildman–Crippen LogP) is 2.37. The highest BCUT2D eigenvalue weighted by Crippen LogP contribution is 2.64. The van der Waals surface area contributed by atoms with Gasteiger partial charge in [-0.05, 0) is 57.3 Å². The third-order valence-electron chi connectivity index (χ3n) is 7.30. The number of amides is 3. The van der Waals surface area contributed by atoms with Gasteiger partial charge in [0, 0.05) is 13.2 Å². The van der Waals surface area contributed by atoms with Crippen molar-refractivity contribution in [3.8, 4) is 0 Å². The van der Waals surface area contributed by atoms with Crippen molar-refractivity contribution in [3.05, 3.63) is 0 Å². The van der Waals surface area contributed by atoms with E-state index >= 15 is 0 Å². The topological polar surface area (TPSA) is 134 Å². The van der Waals surface area contributed by atoms with Gasteiger partial charge in [-0.15, -0.1) is 0 Å². The zero-order valence-electron chi connectivity index (χ0n) is 22.9. The first-order valence-electron chi connectivity index (χ1n) is 13.1. The van der Waals surface area contributed by atoms with Gasteiger partial charge in [0.05, 0.1) is 7.11 Å². The summed E-state index contributed by atoms with van der Waals surface area (Å²) in [7, 11) is 1.29. The van der Waals surface area contributed by atoms with E-state index in [4.69, 9.17) is 9.47 Å². The predicted molar refractivity (Wildman–Crippen MR) is 134 cm³/mol. The molecule has 3 N–H and O–H groups in total. The minimum absolute atomic E-state index is 0.0459. The van der Waals surface area contributed by atoms with E-state index in [0.29, 0.717) is 19.4 Å². The van der Waals surface area contributed by atoms with Crippen molar-refractivity contribution in [2.24, 2.45) is 17.3 Å². The largest absolute Gasteiger partial charge is 0.467 e. The Balaban J connectivity index is 2.22. The molecular weight excluding hydrogens is 466 g/mol. The van der Waals surface area contributed by atoms with Crippen LogP contribution < -0.4 is 10.6 Å². The molecule has 1 aliphatic heterocycles. The van der Waals surface area contributed by atoms with Crippen LogP contribution in [-0.4, -0.2) is 77.9 Å². The number of aliphatic hydroxyl groups is 1. The van der Waals surface area contributed by atoms with E-state index in [1.807, 2.05) is 0 Å². The summed E-state index contributed by atoms with van der Waals surface area (Å²) in [6.07, 6.45) is 2.92. The minimum atomic E-state index is -0.941. The van der Waals surface area contributed by atoms with Crippen LogP contribution in [0.5, 0.6) is 0 Å². The number of rotatable bonds is 12. The van der Waals surface area contributed by atoms with Crippen LogP contribution in [0.3, 0.4) is 0 Å². The third-order valence-corrected chi connectivity index (χ3v) is 7.30. The number of carbonyl (C=O) groups excluding carboxylic acids is 4. The smallest absolute Gasteiger partial charge is 0.408 e. The summed E-state index contributed by atoms with van der Waals surface area (Å²) in [5, 5.41) is 14.8. The molecule has 206 valence electrons. The van der Waals surface area contributed by atoms with E-state index in [9.17, 15) is 24.3 Å². The number of ether oxygens (including phenoxy) is 2. The Bertz CT molecular complexity index is 808. The van der Waals surface area contributed by atoms with Gasteiger partial charge in [0.2, 0.25) is 11.8 Å². The van der Waals surface area contributed by atoms with Crippen LogP contribution in [0.2, 0.25) is 0 Å². The van der Waals surface area contributed by atoms with Gasteiger partial charge < -0.3 is 30.1 Å². The Kier molecular flexibility index (Phi) is 10.2. The number of nitrogens with zero attached hydrogens (tertiary/aromatic N) is 1. The second-order valence-electron chi connectivity index (χ2n) is 11.5. The van der Waals surface area contributed by atoms with Gasteiger partial charge in [-0.3, -0.25) is 9.59 Å². The number of hydrogen-bond acceptors (Lipinski definition) is 7. The van der Waals surface area contributed by atoms with Crippen molar-refractivity contribution in [1.29, 1.82) is 0 Å². The van der Waals surface area contributed by atoms with Crippen LogP contribution in [0, 0.1) is 17.3 Å². The fourth-order valence-corrected chi connectivity index (χ4v) is 5.26. The summed E-state index contributed by atoms with van der Waals surface area (Å²) in [5.74, 6) is -1.18. The molecule has 1 heterocycles. The van der Waals surface area contributed by atoms with Gasteiger partial charge in [-0.2, -0.15) is 0 Å². The van der Waals surface area contributed by atoms with E-state index in [2.05, 4.69) is 31.4 Å². The number of esters is 1. The van der Waals surface area contributed by atoms with Gasteiger partial charge in [0.15, 0.2) is 0 Å². The first kappa shape index (κ1) is 29.9. The molecule has 1 saturated carbocycles. The van der Waals surface area contributed by atoms with E-state index in [-0.39, 0.29) is 36.2 Å². The van der Waals surface area contributed by atoms with E-state index in [0.717, 1.165) is 19.3 Å². The molecule has 5 atom stereocenters. The standard InChI is InChI=1S/C26H45N3O7/c1-8-9-10-12-18(23(33)35-7)27-21(31)20-19-16(26(19,5)6)15-29(20)22(32)17(13-11-14-30)28-24(34)36-25(2,3)4/h16-20,30H,8-15H2,1-7H3,(H,27,31)(H,28,34)/t16?,17-,18?,19?,20-/m0/s1. The molecule has 0 aromatic rings. The van der Waals surface area contributed by atoms with Crippen molar-refractivity contribution in [2.75, 3.05) is 20.3 Å². The molecule has 36 heavy (non-hydrogen) atoms. The number of alkyl carbamates (subject to hydrolysis) is 1. The number of carbonyl (C=O) groups is 4. The molecule has 10 nitrogen and oxygen atoms in total. The number of fused-ring (bicyclic) bond motifs is 1. The molecular formula is C26H45N3O7. The second kappa shape index (κ2) is 12.3. The van der Waals surface area contributed by atoms with Crippen molar-refractivity contribution in [1.82, 2.24) is 15.5 Å². The zero-order valence-corrected chi connectivity index (χ0v) is 22.9. The molecule has 0 radical (unpaired) electrons. The van der Waals surface area contributed by atoms with Crippen LogP contribution >= 0.6 is 0 Å². The number of unbranched alkanes of at least 4 members (excludes halogenated alkanes) is 2. The van der Waals surface area contributed by atoms with Crippen molar-refractivity contribution < 1.29 is 33.8 Å². The lowest BCUT2D eigenvalue weighted by Gasteiger charge is -2.34. The molecule has 0 spiro atoms. The molecule has 0 aromatic carbocycles. The van der Waals surface area contributed by atoms with Gasteiger partial charge in [-0.25, -0.2) is 9.59 Å². The Morgan fingerprint density at radius 3 is 2.25 bits per heavy atom. The zero-order chi connectivity index (χ0) is 27.3. The molecule has 1 saturated heterocycles. The van der Waals surface area contributed by atoms with E-state index < -0.39 is 41.7 Å². The highest BCUT2D eigenvalue weighted by atomic mass is 16.6. The Hall–Kier alpha value is -2.36.